The van der Waals surface area contributed by atoms with Crippen LogP contribution in [-0.2, 0) is 14.8 Å². The van der Waals surface area contributed by atoms with Crippen LogP contribution in [0.3, 0.4) is 0 Å². The van der Waals surface area contributed by atoms with E-state index in [1.54, 1.807) is 20.1 Å². The van der Waals surface area contributed by atoms with Crippen molar-refractivity contribution in [2.45, 2.75) is 31.3 Å². The fraction of sp³-hybridized carbons (Fsp3) is 0.571. The van der Waals surface area contributed by atoms with Gasteiger partial charge in [-0.2, -0.15) is 4.31 Å². The molecule has 1 aromatic carbocycles. The zero-order chi connectivity index (χ0) is 15.8. The molecule has 1 aliphatic heterocycles. The highest BCUT2D eigenvalue weighted by molar-refractivity contribution is 9.10. The summed E-state index contributed by atoms with van der Waals surface area (Å²) in [6.07, 6.45) is 0.727. The molecule has 2 atom stereocenters. The summed E-state index contributed by atoms with van der Waals surface area (Å²) < 4.78 is 33.3. The topological polar surface area (TPSA) is 72.6 Å². The van der Waals surface area contributed by atoms with Crippen molar-refractivity contribution in [2.75, 3.05) is 25.9 Å². The molecule has 5 nitrogen and oxygen atoms in total. The van der Waals surface area contributed by atoms with Crippen LogP contribution in [0.25, 0.3) is 0 Å². The molecule has 0 aromatic heterocycles. The number of aryl methyl sites for hydroxylation is 1. The fourth-order valence-electron chi connectivity index (χ4n) is 2.62. The van der Waals surface area contributed by atoms with E-state index >= 15 is 0 Å². The van der Waals surface area contributed by atoms with E-state index in [2.05, 4.69) is 22.9 Å². The lowest BCUT2D eigenvalue weighted by Gasteiger charge is -2.35. The van der Waals surface area contributed by atoms with Crippen molar-refractivity contribution in [1.82, 2.24) is 4.31 Å². The SMILES string of the molecule is COC1CN(S(=O)(=O)c2cc(N)c(Br)cc2C)CCC1C. The van der Waals surface area contributed by atoms with Gasteiger partial charge in [-0.05, 0) is 52.9 Å². The Labute approximate surface area is 134 Å². The highest BCUT2D eigenvalue weighted by Crippen LogP contribution is 2.31. The number of nitrogens with zero attached hydrogens (tertiary/aromatic N) is 1. The van der Waals surface area contributed by atoms with Gasteiger partial charge in [0.15, 0.2) is 0 Å². The van der Waals surface area contributed by atoms with Crippen molar-refractivity contribution < 1.29 is 13.2 Å². The number of nitrogen functional groups attached to an aromatic ring is 1. The molecule has 1 aromatic rings. The highest BCUT2D eigenvalue weighted by atomic mass is 79.9. The number of piperidine rings is 1. The maximum Gasteiger partial charge on any atom is 0.243 e. The van der Waals surface area contributed by atoms with E-state index in [1.807, 2.05) is 0 Å². The first kappa shape index (κ1) is 16.7. The molecule has 0 amide bonds. The molecule has 0 bridgehead atoms. The molecule has 1 fully saturated rings. The summed E-state index contributed by atoms with van der Waals surface area (Å²) >= 11 is 3.32. The molecular formula is C14H21BrN2O3S. The maximum absolute atomic E-state index is 12.8. The van der Waals surface area contributed by atoms with Gasteiger partial charge in [0, 0.05) is 30.4 Å². The Morgan fingerprint density at radius 2 is 2.10 bits per heavy atom. The minimum atomic E-state index is -3.55. The Morgan fingerprint density at radius 1 is 1.43 bits per heavy atom. The molecule has 1 saturated heterocycles. The van der Waals surface area contributed by atoms with Gasteiger partial charge in [0.1, 0.15) is 0 Å². The van der Waals surface area contributed by atoms with E-state index in [-0.39, 0.29) is 11.0 Å². The highest BCUT2D eigenvalue weighted by Gasteiger charge is 2.34. The van der Waals surface area contributed by atoms with Gasteiger partial charge in [0.05, 0.1) is 11.0 Å². The van der Waals surface area contributed by atoms with Gasteiger partial charge in [-0.25, -0.2) is 8.42 Å². The van der Waals surface area contributed by atoms with E-state index in [1.165, 1.54) is 10.4 Å². The molecule has 1 heterocycles. The average molecular weight is 377 g/mol. The third kappa shape index (κ3) is 3.26. The molecule has 118 valence electrons. The Bertz CT molecular complexity index is 633. The number of methoxy groups -OCH3 is 1. The van der Waals surface area contributed by atoms with Crippen molar-refractivity contribution in [3.05, 3.63) is 22.2 Å². The molecule has 0 saturated carbocycles. The second-order valence-corrected chi connectivity index (χ2v) is 8.30. The number of anilines is 1. The van der Waals surface area contributed by atoms with Crippen molar-refractivity contribution >= 4 is 31.6 Å². The normalized spacial score (nSPS) is 24.2. The number of hydrogen-bond donors (Lipinski definition) is 1. The van der Waals surface area contributed by atoms with E-state index in [0.29, 0.717) is 34.7 Å². The summed E-state index contributed by atoms with van der Waals surface area (Å²) in [5.41, 5.74) is 6.94. The summed E-state index contributed by atoms with van der Waals surface area (Å²) in [6.45, 7) is 4.76. The van der Waals surface area contributed by atoms with E-state index < -0.39 is 10.0 Å². The smallest absolute Gasteiger partial charge is 0.243 e. The number of nitrogens with two attached hydrogens (primary N) is 1. The quantitative estimate of drug-likeness (QED) is 0.821. The molecule has 0 aliphatic carbocycles. The van der Waals surface area contributed by atoms with Crippen LogP contribution in [0.15, 0.2) is 21.5 Å². The largest absolute Gasteiger partial charge is 0.398 e. The van der Waals surface area contributed by atoms with Crippen molar-refractivity contribution in [2.24, 2.45) is 5.92 Å². The zero-order valence-electron chi connectivity index (χ0n) is 12.5. The molecule has 0 radical (unpaired) electrons. The second kappa shape index (κ2) is 6.24. The first-order chi connectivity index (χ1) is 9.77. The lowest BCUT2D eigenvalue weighted by atomic mass is 9.97. The van der Waals surface area contributed by atoms with Gasteiger partial charge in [0.2, 0.25) is 10.0 Å². The van der Waals surface area contributed by atoms with Gasteiger partial charge < -0.3 is 10.5 Å². The summed E-state index contributed by atoms with van der Waals surface area (Å²) in [6, 6.07) is 3.26. The Balaban J connectivity index is 2.37. The third-order valence-corrected chi connectivity index (χ3v) is 6.76. The van der Waals surface area contributed by atoms with Crippen molar-refractivity contribution in [3.63, 3.8) is 0 Å². The number of hydrogen-bond acceptors (Lipinski definition) is 4. The molecule has 2 rings (SSSR count). The fourth-order valence-corrected chi connectivity index (χ4v) is 4.78. The number of sulfonamides is 1. The van der Waals surface area contributed by atoms with Gasteiger partial charge in [-0.15, -0.1) is 0 Å². The summed E-state index contributed by atoms with van der Waals surface area (Å²) in [5.74, 6) is 0.359. The van der Waals surface area contributed by atoms with Gasteiger partial charge in [0.25, 0.3) is 0 Å². The van der Waals surface area contributed by atoms with Crippen LogP contribution >= 0.6 is 15.9 Å². The lowest BCUT2D eigenvalue weighted by molar-refractivity contribution is 0.0183. The molecule has 2 unspecified atom stereocenters. The summed E-state index contributed by atoms with van der Waals surface area (Å²) in [4.78, 5) is 0.271. The molecule has 0 spiro atoms. The van der Waals surface area contributed by atoms with Crippen LogP contribution in [0.4, 0.5) is 5.69 Å². The zero-order valence-corrected chi connectivity index (χ0v) is 14.9. The van der Waals surface area contributed by atoms with Crippen LogP contribution in [0.1, 0.15) is 18.9 Å². The van der Waals surface area contributed by atoms with E-state index in [0.717, 1.165) is 6.42 Å². The van der Waals surface area contributed by atoms with Crippen molar-refractivity contribution in [3.8, 4) is 0 Å². The minimum Gasteiger partial charge on any atom is -0.398 e. The standard InChI is InChI=1S/C14H21BrN2O3S/c1-9-4-5-17(8-13(9)20-3)21(18,19)14-7-12(16)11(15)6-10(14)2/h6-7,9,13H,4-5,8,16H2,1-3H3. The lowest BCUT2D eigenvalue weighted by Crippen LogP contribution is -2.46. The molecule has 7 heteroatoms. The monoisotopic (exact) mass is 376 g/mol. The Morgan fingerprint density at radius 3 is 2.71 bits per heavy atom. The predicted octanol–water partition coefficient (Wildman–Crippen LogP) is 2.39. The predicted molar refractivity (Wildman–Crippen MR) is 86.6 cm³/mol. The number of benzene rings is 1. The Hall–Kier alpha value is -0.630. The summed E-state index contributed by atoms with van der Waals surface area (Å²) in [5, 5.41) is 0. The maximum atomic E-state index is 12.8. The first-order valence-electron chi connectivity index (χ1n) is 6.86. The van der Waals surface area contributed by atoms with Crippen molar-refractivity contribution in [1.29, 1.82) is 0 Å². The third-order valence-electron chi connectivity index (χ3n) is 4.07. The molecular weight excluding hydrogens is 356 g/mol. The van der Waals surface area contributed by atoms with Crippen LogP contribution in [0.5, 0.6) is 0 Å². The van der Waals surface area contributed by atoms with Crippen LogP contribution in [-0.4, -0.2) is 39.0 Å². The van der Waals surface area contributed by atoms with Crippen LogP contribution < -0.4 is 5.73 Å². The average Bonchev–Trinajstić information content (AvgIpc) is 2.43. The number of halogens is 1. The first-order valence-corrected chi connectivity index (χ1v) is 9.09. The van der Waals surface area contributed by atoms with Gasteiger partial charge in [-0.3, -0.25) is 0 Å². The summed E-state index contributed by atoms with van der Waals surface area (Å²) in [7, 11) is -1.92. The number of rotatable bonds is 3. The second-order valence-electron chi connectivity index (χ2n) is 5.54. The minimum absolute atomic E-state index is 0.0679. The van der Waals surface area contributed by atoms with Gasteiger partial charge >= 0.3 is 0 Å². The number of ether oxygens (including phenoxy) is 1. The van der Waals surface area contributed by atoms with E-state index in [4.69, 9.17) is 10.5 Å². The molecule has 21 heavy (non-hydrogen) atoms. The van der Waals surface area contributed by atoms with Crippen LogP contribution in [0, 0.1) is 12.8 Å². The molecule has 2 N–H and O–H groups in total. The molecule has 1 aliphatic rings. The van der Waals surface area contributed by atoms with E-state index in [9.17, 15) is 8.42 Å². The van der Waals surface area contributed by atoms with Gasteiger partial charge in [-0.1, -0.05) is 6.92 Å². The van der Waals surface area contributed by atoms with Crippen LogP contribution in [0.2, 0.25) is 0 Å². The Kier molecular flexibility index (Phi) is 4.97.